The third-order valence-electron chi connectivity index (χ3n) is 6.79. The molecule has 6 rings (SSSR count). The van der Waals surface area contributed by atoms with Gasteiger partial charge in [0.2, 0.25) is 0 Å². The van der Waals surface area contributed by atoms with Crippen LogP contribution in [0.25, 0.3) is 11.3 Å². The van der Waals surface area contributed by atoms with Crippen LogP contribution in [0.15, 0.2) is 30.5 Å². The summed E-state index contributed by atoms with van der Waals surface area (Å²) in [5, 5.41) is 4.63. The summed E-state index contributed by atoms with van der Waals surface area (Å²) in [6.07, 6.45) is 8.24. The van der Waals surface area contributed by atoms with Gasteiger partial charge in [0.1, 0.15) is 11.4 Å². The summed E-state index contributed by atoms with van der Waals surface area (Å²) in [5.74, 6) is 3.22. The molecule has 0 radical (unpaired) electrons. The monoisotopic (exact) mass is 365 g/mol. The fourth-order valence-electron chi connectivity index (χ4n) is 5.87. The zero-order valence-electron chi connectivity index (χ0n) is 16.1. The Morgan fingerprint density at radius 3 is 2.52 bits per heavy atom. The Kier molecular flexibility index (Phi) is 3.99. The molecule has 4 fully saturated rings. The lowest BCUT2D eigenvalue weighted by molar-refractivity contribution is 0.0633. The molecule has 0 spiro atoms. The van der Waals surface area contributed by atoms with Crippen LogP contribution >= 0.6 is 0 Å². The second-order valence-electron chi connectivity index (χ2n) is 8.65. The molecule has 4 aliphatic rings. The summed E-state index contributed by atoms with van der Waals surface area (Å²) in [6.45, 7) is 0.913. The van der Waals surface area contributed by atoms with E-state index in [9.17, 15) is 4.79 Å². The van der Waals surface area contributed by atoms with E-state index in [1.165, 1.54) is 32.1 Å². The molecule has 2 aliphatic carbocycles. The molecule has 2 saturated heterocycles. The standard InChI is InChI=1S/C22H27N3O2/c1-24-13-19(21(23-24)18-5-3-4-6-20(18)27-2)22(26)25-12-16-8-14-7-15(9-16)11-17(25)10-14/h3-6,13-17H,7-12H2,1-2H3. The first kappa shape index (κ1) is 16.8. The van der Waals surface area contributed by atoms with Gasteiger partial charge in [-0.3, -0.25) is 9.48 Å². The number of fused-ring (bicyclic) bond motifs is 1. The van der Waals surface area contributed by atoms with Crippen LogP contribution in [0.4, 0.5) is 0 Å². The van der Waals surface area contributed by atoms with Crippen molar-refractivity contribution in [3.05, 3.63) is 36.0 Å². The Hall–Kier alpha value is -2.30. The van der Waals surface area contributed by atoms with Crippen molar-refractivity contribution in [2.75, 3.05) is 13.7 Å². The first-order valence-electron chi connectivity index (χ1n) is 10.1. The van der Waals surface area contributed by atoms with E-state index in [1.807, 2.05) is 37.5 Å². The van der Waals surface area contributed by atoms with Gasteiger partial charge in [-0.15, -0.1) is 0 Å². The van der Waals surface area contributed by atoms with Gasteiger partial charge < -0.3 is 9.64 Å². The summed E-state index contributed by atoms with van der Waals surface area (Å²) in [6, 6.07) is 8.21. The van der Waals surface area contributed by atoms with E-state index in [-0.39, 0.29) is 5.91 Å². The van der Waals surface area contributed by atoms with Crippen molar-refractivity contribution in [2.24, 2.45) is 24.8 Å². The molecule has 1 aromatic carbocycles. The van der Waals surface area contributed by atoms with Crippen LogP contribution in [-0.2, 0) is 7.05 Å². The van der Waals surface area contributed by atoms with Gasteiger partial charge in [-0.05, 0) is 62.0 Å². The number of para-hydroxylation sites is 1. The van der Waals surface area contributed by atoms with E-state index in [2.05, 4.69) is 10.00 Å². The number of amides is 1. The number of rotatable bonds is 3. The van der Waals surface area contributed by atoms with E-state index in [4.69, 9.17) is 4.74 Å². The average Bonchev–Trinajstić information content (AvgIpc) is 2.95. The van der Waals surface area contributed by atoms with Gasteiger partial charge >= 0.3 is 0 Å². The van der Waals surface area contributed by atoms with E-state index in [0.717, 1.165) is 35.4 Å². The lowest BCUT2D eigenvalue weighted by atomic mass is 9.68. The fourth-order valence-corrected chi connectivity index (χ4v) is 5.87. The number of hydrogen-bond donors (Lipinski definition) is 0. The molecule has 2 atom stereocenters. The predicted molar refractivity (Wildman–Crippen MR) is 104 cm³/mol. The van der Waals surface area contributed by atoms with Crippen LogP contribution in [0.1, 0.15) is 42.5 Å². The minimum atomic E-state index is 0.141. The van der Waals surface area contributed by atoms with Crippen molar-refractivity contribution < 1.29 is 9.53 Å². The molecule has 4 bridgehead atoms. The number of hydrogen-bond acceptors (Lipinski definition) is 3. The maximum atomic E-state index is 13.7. The summed E-state index contributed by atoms with van der Waals surface area (Å²) >= 11 is 0. The van der Waals surface area contributed by atoms with Crippen LogP contribution in [0, 0.1) is 17.8 Å². The zero-order valence-corrected chi connectivity index (χ0v) is 16.1. The SMILES string of the molecule is COc1ccccc1-c1nn(C)cc1C(=O)N1CC2CC3CC(C2)CC1C3. The zero-order chi connectivity index (χ0) is 18.5. The minimum absolute atomic E-state index is 0.141. The van der Waals surface area contributed by atoms with E-state index in [1.54, 1.807) is 11.8 Å². The van der Waals surface area contributed by atoms with Crippen molar-refractivity contribution in [1.82, 2.24) is 14.7 Å². The summed E-state index contributed by atoms with van der Waals surface area (Å²) in [4.78, 5) is 15.8. The highest BCUT2D eigenvalue weighted by Gasteiger charge is 2.44. The van der Waals surface area contributed by atoms with Crippen LogP contribution in [0.5, 0.6) is 5.75 Å². The van der Waals surface area contributed by atoms with Gasteiger partial charge in [-0.2, -0.15) is 5.10 Å². The number of carbonyl (C=O) groups is 1. The molecule has 142 valence electrons. The number of carbonyl (C=O) groups excluding carboxylic acids is 1. The molecule has 3 heterocycles. The molecule has 5 heteroatoms. The van der Waals surface area contributed by atoms with Crippen molar-refractivity contribution in [3.8, 4) is 17.0 Å². The fraction of sp³-hybridized carbons (Fsp3) is 0.545. The Morgan fingerprint density at radius 2 is 1.78 bits per heavy atom. The molecule has 2 aliphatic heterocycles. The van der Waals surface area contributed by atoms with Crippen LogP contribution < -0.4 is 4.74 Å². The molecular weight excluding hydrogens is 338 g/mol. The quantitative estimate of drug-likeness (QED) is 0.832. The highest BCUT2D eigenvalue weighted by Crippen LogP contribution is 2.48. The number of nitrogens with zero attached hydrogens (tertiary/aromatic N) is 3. The van der Waals surface area contributed by atoms with Gasteiger partial charge in [-0.25, -0.2) is 0 Å². The second-order valence-corrected chi connectivity index (χ2v) is 8.65. The Bertz CT molecular complexity index is 860. The van der Waals surface area contributed by atoms with Crippen LogP contribution in [0.2, 0.25) is 0 Å². The smallest absolute Gasteiger partial charge is 0.257 e. The Labute approximate surface area is 160 Å². The molecule has 2 aromatic rings. The van der Waals surface area contributed by atoms with Crippen LogP contribution in [-0.4, -0.2) is 40.3 Å². The Morgan fingerprint density at radius 1 is 1.07 bits per heavy atom. The van der Waals surface area contributed by atoms with Gasteiger partial charge in [0.25, 0.3) is 5.91 Å². The minimum Gasteiger partial charge on any atom is -0.496 e. The van der Waals surface area contributed by atoms with Gasteiger partial charge in [0, 0.05) is 31.4 Å². The average molecular weight is 365 g/mol. The van der Waals surface area contributed by atoms with Crippen LogP contribution in [0.3, 0.4) is 0 Å². The third-order valence-corrected chi connectivity index (χ3v) is 6.79. The summed E-state index contributed by atoms with van der Waals surface area (Å²) in [7, 11) is 3.54. The van der Waals surface area contributed by atoms with E-state index >= 15 is 0 Å². The topological polar surface area (TPSA) is 47.4 Å². The number of aryl methyl sites for hydroxylation is 1. The van der Waals surface area contributed by atoms with Crippen molar-refractivity contribution in [1.29, 1.82) is 0 Å². The number of benzene rings is 1. The molecule has 2 unspecified atom stereocenters. The molecule has 0 N–H and O–H groups in total. The normalized spacial score (nSPS) is 29.0. The largest absolute Gasteiger partial charge is 0.496 e. The lowest BCUT2D eigenvalue weighted by Crippen LogP contribution is -2.42. The van der Waals surface area contributed by atoms with Crippen molar-refractivity contribution >= 4 is 5.91 Å². The maximum absolute atomic E-state index is 13.7. The maximum Gasteiger partial charge on any atom is 0.257 e. The third kappa shape index (κ3) is 2.84. The molecular formula is C22H27N3O2. The second kappa shape index (κ2) is 6.39. The van der Waals surface area contributed by atoms with E-state index < -0.39 is 0 Å². The number of ether oxygens (including phenoxy) is 1. The number of methoxy groups -OCH3 is 1. The molecule has 1 amide bonds. The van der Waals surface area contributed by atoms with E-state index in [0.29, 0.717) is 17.5 Å². The molecule has 1 aromatic heterocycles. The van der Waals surface area contributed by atoms with Gasteiger partial charge in [-0.1, -0.05) is 12.1 Å². The van der Waals surface area contributed by atoms with Gasteiger partial charge in [0.05, 0.1) is 12.7 Å². The lowest BCUT2D eigenvalue weighted by Gasteiger charge is -2.39. The molecule has 27 heavy (non-hydrogen) atoms. The summed E-state index contributed by atoms with van der Waals surface area (Å²) in [5.41, 5.74) is 2.30. The molecule has 2 saturated carbocycles. The van der Waals surface area contributed by atoms with Crippen molar-refractivity contribution in [2.45, 2.75) is 38.1 Å². The first-order valence-corrected chi connectivity index (χ1v) is 10.1. The number of aromatic nitrogens is 2. The highest BCUT2D eigenvalue weighted by atomic mass is 16.5. The highest BCUT2D eigenvalue weighted by molar-refractivity contribution is 6.00. The summed E-state index contributed by atoms with van der Waals surface area (Å²) < 4.78 is 7.27. The first-order chi connectivity index (χ1) is 13.1. The van der Waals surface area contributed by atoms with Crippen molar-refractivity contribution in [3.63, 3.8) is 0 Å². The predicted octanol–water partition coefficient (Wildman–Crippen LogP) is 3.75. The Balaban J connectivity index is 1.53. The molecule has 5 nitrogen and oxygen atoms in total. The van der Waals surface area contributed by atoms with Gasteiger partial charge in [0.15, 0.2) is 0 Å².